The number of rotatable bonds is 3. The van der Waals surface area contributed by atoms with Crippen LogP contribution in [0.2, 0.25) is 0 Å². The molecule has 0 spiro atoms. The SMILES string of the molecule is CN1C=CN2[C]1=[Pt]=[C]1N(C)C=CN1c1[c-]c(ccc1)N(c1c(-c3ccccc3)cccc1-c1ccccc1)c1[c-]c2ccc1. The van der Waals surface area contributed by atoms with E-state index < -0.39 is 17.6 Å². The zero-order chi connectivity index (χ0) is 29.6. The molecule has 6 heteroatoms. The molecule has 0 N–H and O–H groups in total. The van der Waals surface area contributed by atoms with Crippen LogP contribution in [0, 0.1) is 12.1 Å². The maximum absolute atomic E-state index is 3.84. The Kier molecular flexibility index (Phi) is 6.61. The zero-order valence-electron chi connectivity index (χ0n) is 24.3. The average molecular weight is 751 g/mol. The molecule has 5 aromatic carbocycles. The van der Waals surface area contributed by atoms with Crippen LogP contribution < -0.4 is 14.7 Å². The van der Waals surface area contributed by atoms with E-state index in [2.05, 4.69) is 191 Å². The molecular weight excluding hydrogens is 722 g/mol. The molecule has 0 fully saturated rings. The molecule has 218 valence electrons. The summed E-state index contributed by atoms with van der Waals surface area (Å²) in [6.45, 7) is 0. The van der Waals surface area contributed by atoms with Gasteiger partial charge < -0.3 is 0 Å². The van der Waals surface area contributed by atoms with Crippen LogP contribution in [0.25, 0.3) is 22.3 Å². The Bertz CT molecular complexity index is 1870. The molecule has 0 amide bonds. The van der Waals surface area contributed by atoms with Crippen molar-refractivity contribution in [2.45, 2.75) is 0 Å². The first-order chi connectivity index (χ1) is 21.7. The minimum absolute atomic E-state index is 0.568. The minimum atomic E-state index is -0.568. The molecule has 5 nitrogen and oxygen atoms in total. The van der Waals surface area contributed by atoms with Crippen LogP contribution in [0.3, 0.4) is 0 Å². The van der Waals surface area contributed by atoms with Gasteiger partial charge in [0.2, 0.25) is 0 Å². The van der Waals surface area contributed by atoms with Gasteiger partial charge in [-0.1, -0.05) is 0 Å². The summed E-state index contributed by atoms with van der Waals surface area (Å²) in [7, 11) is 4.27. The number of para-hydroxylation sites is 1. The predicted octanol–water partition coefficient (Wildman–Crippen LogP) is 7.81. The van der Waals surface area contributed by atoms with Gasteiger partial charge in [-0.3, -0.25) is 0 Å². The number of anilines is 5. The molecule has 0 saturated carbocycles. The molecule has 4 bridgehead atoms. The van der Waals surface area contributed by atoms with Crippen molar-refractivity contribution in [3.63, 3.8) is 0 Å². The molecular formula is C38H29N5Pt-2. The van der Waals surface area contributed by atoms with Gasteiger partial charge in [0.05, 0.1) is 0 Å². The number of benzene rings is 5. The molecule has 0 aromatic heterocycles. The fraction of sp³-hybridized carbons (Fsp3) is 0.0526. The molecule has 8 rings (SSSR count). The van der Waals surface area contributed by atoms with Crippen LogP contribution in [0.4, 0.5) is 28.4 Å². The summed E-state index contributed by atoms with van der Waals surface area (Å²) in [6.07, 6.45) is 8.61. The number of hydrogen-bond donors (Lipinski definition) is 0. The second-order valence-corrected chi connectivity index (χ2v) is 13.3. The van der Waals surface area contributed by atoms with Crippen molar-refractivity contribution in [3.05, 3.63) is 152 Å². The van der Waals surface area contributed by atoms with E-state index in [0.29, 0.717) is 0 Å². The maximum atomic E-state index is 3.84. The Morgan fingerprint density at radius 2 is 0.886 bits per heavy atom. The van der Waals surface area contributed by atoms with Crippen LogP contribution in [-0.2, 0) is 17.6 Å². The second-order valence-electron chi connectivity index (χ2n) is 10.7. The molecule has 3 aliphatic heterocycles. The van der Waals surface area contributed by atoms with Gasteiger partial charge in [0.1, 0.15) is 0 Å². The zero-order valence-corrected chi connectivity index (χ0v) is 26.6. The van der Waals surface area contributed by atoms with Gasteiger partial charge in [-0.25, -0.2) is 0 Å². The fourth-order valence-corrected chi connectivity index (χ4v) is 8.81. The molecule has 0 unspecified atom stereocenters. The topological polar surface area (TPSA) is 16.2 Å². The van der Waals surface area contributed by atoms with Crippen molar-refractivity contribution in [2.24, 2.45) is 0 Å². The van der Waals surface area contributed by atoms with Crippen molar-refractivity contribution >= 4 is 36.7 Å². The summed E-state index contributed by atoms with van der Waals surface area (Å²) in [5, 5.41) is 0. The van der Waals surface area contributed by atoms with Gasteiger partial charge in [0.15, 0.2) is 0 Å². The van der Waals surface area contributed by atoms with Crippen molar-refractivity contribution in [3.8, 4) is 22.3 Å². The third-order valence-corrected chi connectivity index (χ3v) is 11.6. The monoisotopic (exact) mass is 750 g/mol. The Labute approximate surface area is 266 Å². The van der Waals surface area contributed by atoms with Crippen LogP contribution >= 0.6 is 0 Å². The van der Waals surface area contributed by atoms with Crippen molar-refractivity contribution in [1.29, 1.82) is 0 Å². The molecule has 0 aliphatic carbocycles. The van der Waals surface area contributed by atoms with Gasteiger partial charge >= 0.3 is 267 Å². The van der Waals surface area contributed by atoms with E-state index in [0.717, 1.165) is 50.7 Å². The summed E-state index contributed by atoms with van der Waals surface area (Å²) < 4.78 is 2.54. The third kappa shape index (κ3) is 4.52. The van der Waals surface area contributed by atoms with E-state index in [1.54, 1.807) is 0 Å². The predicted molar refractivity (Wildman–Crippen MR) is 178 cm³/mol. The molecule has 44 heavy (non-hydrogen) atoms. The molecule has 3 aliphatic rings. The summed E-state index contributed by atoms with van der Waals surface area (Å²) in [6, 6.07) is 48.5. The summed E-state index contributed by atoms with van der Waals surface area (Å²) in [5.41, 5.74) is 9.62. The number of hydrogen-bond acceptors (Lipinski definition) is 5. The van der Waals surface area contributed by atoms with Crippen molar-refractivity contribution in [2.75, 3.05) is 28.8 Å². The quantitative estimate of drug-likeness (QED) is 0.175. The standard InChI is InChI=1S/C38H29N5.Pt/c1-39-22-24-41(28-39)32-16-9-18-34(26-32)43(35-19-10-17-33(27-35)42-25-23-40(2)29-42)38-36(30-12-5-3-6-13-30)20-11-21-37(38)31-14-7-4-8-15-31;/h3-25H,1-2H3;/q-2;. The average Bonchev–Trinajstić information content (AvgIpc) is 3.63. The van der Waals surface area contributed by atoms with Gasteiger partial charge in [-0.05, 0) is 0 Å². The Morgan fingerprint density at radius 1 is 0.455 bits per heavy atom. The van der Waals surface area contributed by atoms with E-state index in [9.17, 15) is 0 Å². The molecule has 3 heterocycles. The first kappa shape index (κ1) is 26.6. The van der Waals surface area contributed by atoms with Crippen LogP contribution in [0.1, 0.15) is 0 Å². The third-order valence-electron chi connectivity index (χ3n) is 7.89. The normalized spacial score (nSPS) is 15.5. The summed E-state index contributed by atoms with van der Waals surface area (Å²) in [4.78, 5) is 11.4. The van der Waals surface area contributed by atoms with Crippen LogP contribution in [-0.4, -0.2) is 32.2 Å². The molecule has 0 saturated heterocycles. The first-order valence-electron chi connectivity index (χ1n) is 14.5. The number of fused-ring (bicyclic) bond motifs is 8. The van der Waals surface area contributed by atoms with Gasteiger partial charge in [0, 0.05) is 0 Å². The molecule has 5 aromatic rings. The fourth-order valence-electron chi connectivity index (χ4n) is 5.78. The van der Waals surface area contributed by atoms with Crippen molar-refractivity contribution in [1.82, 2.24) is 9.80 Å². The summed E-state index contributed by atoms with van der Waals surface area (Å²) >= 11 is -0.568. The Morgan fingerprint density at radius 3 is 1.36 bits per heavy atom. The van der Waals surface area contributed by atoms with Crippen LogP contribution in [0.15, 0.2) is 140 Å². The van der Waals surface area contributed by atoms with Gasteiger partial charge in [-0.2, -0.15) is 0 Å². The Balaban J connectivity index is 1.46. The molecule has 0 radical (unpaired) electrons. The van der Waals surface area contributed by atoms with E-state index in [1.807, 2.05) is 0 Å². The first-order valence-corrected chi connectivity index (χ1v) is 16.7. The molecule has 0 atom stereocenters. The summed E-state index contributed by atoms with van der Waals surface area (Å²) in [5.74, 6) is 0. The van der Waals surface area contributed by atoms with Crippen LogP contribution in [0.5, 0.6) is 0 Å². The van der Waals surface area contributed by atoms with Crippen molar-refractivity contribution < 1.29 is 17.6 Å². The van der Waals surface area contributed by atoms with E-state index >= 15 is 0 Å². The second kappa shape index (κ2) is 10.9. The number of nitrogens with zero attached hydrogens (tertiary/aromatic N) is 5. The van der Waals surface area contributed by atoms with E-state index in [-0.39, 0.29) is 0 Å². The Hall–Kier alpha value is -4.99. The van der Waals surface area contributed by atoms with Gasteiger partial charge in [0.25, 0.3) is 0 Å². The van der Waals surface area contributed by atoms with Gasteiger partial charge in [-0.15, -0.1) is 0 Å². The van der Waals surface area contributed by atoms with E-state index in [1.165, 1.54) is 8.29 Å². The van der Waals surface area contributed by atoms with E-state index in [4.69, 9.17) is 0 Å².